The van der Waals surface area contributed by atoms with Gasteiger partial charge in [0.05, 0.1) is 17.8 Å². The molecule has 0 atom stereocenters. The lowest BCUT2D eigenvalue weighted by Crippen LogP contribution is -2.24. The molecule has 0 spiro atoms. The maximum absolute atomic E-state index is 11.7. The Morgan fingerprint density at radius 1 is 1.59 bits per heavy atom. The highest BCUT2D eigenvalue weighted by atomic mass is 79.9. The Morgan fingerprint density at radius 3 is 3.00 bits per heavy atom. The zero-order valence-electron chi connectivity index (χ0n) is 12.1. The second-order valence-corrected chi connectivity index (χ2v) is 5.33. The number of aryl methyl sites for hydroxylation is 1. The summed E-state index contributed by atoms with van der Waals surface area (Å²) in [5.41, 5.74) is 3.98. The summed E-state index contributed by atoms with van der Waals surface area (Å²) < 4.78 is 7.09. The summed E-state index contributed by atoms with van der Waals surface area (Å²) in [5, 5.41) is 17.6. The fourth-order valence-corrected chi connectivity index (χ4v) is 2.20. The zero-order valence-corrected chi connectivity index (χ0v) is 13.7. The molecule has 0 aliphatic rings. The molecule has 0 aliphatic carbocycles. The predicted octanol–water partition coefficient (Wildman–Crippen LogP) is 1.82. The van der Waals surface area contributed by atoms with E-state index in [4.69, 9.17) is 4.74 Å². The minimum Gasteiger partial charge on any atom is -0.503 e. The fourth-order valence-electron chi connectivity index (χ4n) is 1.74. The average Bonchev–Trinajstić information content (AvgIpc) is 2.87. The van der Waals surface area contributed by atoms with Crippen LogP contribution in [0.2, 0.25) is 0 Å². The van der Waals surface area contributed by atoms with E-state index >= 15 is 0 Å². The molecule has 1 amide bonds. The molecular weight excluding hydrogens is 352 g/mol. The van der Waals surface area contributed by atoms with Crippen molar-refractivity contribution in [3.63, 3.8) is 0 Å². The van der Waals surface area contributed by atoms with Gasteiger partial charge < -0.3 is 9.84 Å². The van der Waals surface area contributed by atoms with Gasteiger partial charge in [0.2, 0.25) is 0 Å². The van der Waals surface area contributed by atoms with Gasteiger partial charge in [0.1, 0.15) is 6.54 Å². The monoisotopic (exact) mass is 366 g/mol. The van der Waals surface area contributed by atoms with Gasteiger partial charge in [-0.05, 0) is 46.6 Å². The largest absolute Gasteiger partial charge is 0.503 e. The number of hydrogen-bond donors (Lipinski definition) is 2. The molecule has 0 saturated heterocycles. The van der Waals surface area contributed by atoms with E-state index in [-0.39, 0.29) is 18.2 Å². The Balaban J connectivity index is 1.99. The van der Waals surface area contributed by atoms with Crippen LogP contribution in [0.1, 0.15) is 11.3 Å². The SMILES string of the molecule is COc1cc(/C=N\NC(=O)Cn2nccc2C)cc(Br)c1O. The van der Waals surface area contributed by atoms with Crippen molar-refractivity contribution in [2.75, 3.05) is 7.11 Å². The number of amides is 1. The van der Waals surface area contributed by atoms with Gasteiger partial charge in [0.15, 0.2) is 11.5 Å². The molecule has 1 aromatic heterocycles. The second-order valence-electron chi connectivity index (χ2n) is 4.48. The third-order valence-electron chi connectivity index (χ3n) is 2.90. The lowest BCUT2D eigenvalue weighted by Gasteiger charge is -2.06. The minimum absolute atomic E-state index is 0.0119. The number of phenolic OH excluding ortho intramolecular Hbond substituents is 1. The van der Waals surface area contributed by atoms with Crippen LogP contribution in [0, 0.1) is 6.92 Å². The quantitative estimate of drug-likeness (QED) is 0.623. The first-order valence-electron chi connectivity index (χ1n) is 6.38. The number of nitrogens with one attached hydrogen (secondary N) is 1. The van der Waals surface area contributed by atoms with Gasteiger partial charge in [-0.25, -0.2) is 5.43 Å². The van der Waals surface area contributed by atoms with E-state index in [1.54, 1.807) is 23.0 Å². The first kappa shape index (κ1) is 16.0. The van der Waals surface area contributed by atoms with E-state index in [2.05, 4.69) is 31.6 Å². The van der Waals surface area contributed by atoms with Gasteiger partial charge in [0.25, 0.3) is 5.91 Å². The Bertz CT molecular complexity index is 712. The Hall–Kier alpha value is -2.35. The molecular formula is C14H15BrN4O3. The molecule has 2 rings (SSSR count). The van der Waals surface area contributed by atoms with E-state index < -0.39 is 0 Å². The van der Waals surface area contributed by atoms with Crippen molar-refractivity contribution in [3.8, 4) is 11.5 Å². The Morgan fingerprint density at radius 2 is 2.36 bits per heavy atom. The molecule has 0 radical (unpaired) electrons. The number of carbonyl (C=O) groups excluding carboxylic acids is 1. The number of methoxy groups -OCH3 is 1. The van der Waals surface area contributed by atoms with Crippen molar-refractivity contribution in [2.24, 2.45) is 5.10 Å². The van der Waals surface area contributed by atoms with Gasteiger partial charge >= 0.3 is 0 Å². The molecule has 116 valence electrons. The van der Waals surface area contributed by atoms with E-state index in [1.165, 1.54) is 13.3 Å². The van der Waals surface area contributed by atoms with Crippen molar-refractivity contribution in [3.05, 3.63) is 40.1 Å². The molecule has 0 unspecified atom stereocenters. The van der Waals surface area contributed by atoms with Crippen LogP contribution in [-0.4, -0.2) is 34.1 Å². The summed E-state index contributed by atoms with van der Waals surface area (Å²) in [7, 11) is 1.45. The number of ether oxygens (including phenoxy) is 1. The molecule has 0 saturated carbocycles. The highest BCUT2D eigenvalue weighted by Crippen LogP contribution is 2.34. The smallest absolute Gasteiger partial charge is 0.261 e. The number of benzene rings is 1. The molecule has 1 heterocycles. The van der Waals surface area contributed by atoms with E-state index in [1.807, 2.05) is 13.0 Å². The van der Waals surface area contributed by atoms with Crippen LogP contribution in [0.15, 0.2) is 34.0 Å². The third kappa shape index (κ3) is 3.85. The van der Waals surface area contributed by atoms with Gasteiger partial charge in [-0.15, -0.1) is 0 Å². The van der Waals surface area contributed by atoms with Crippen LogP contribution >= 0.6 is 15.9 Å². The number of aromatic nitrogens is 2. The Labute approximate surface area is 135 Å². The number of hydrazone groups is 1. The molecule has 2 N–H and O–H groups in total. The fraction of sp³-hybridized carbons (Fsp3) is 0.214. The summed E-state index contributed by atoms with van der Waals surface area (Å²) in [6, 6.07) is 5.08. The van der Waals surface area contributed by atoms with Crippen LogP contribution in [-0.2, 0) is 11.3 Å². The molecule has 22 heavy (non-hydrogen) atoms. The maximum atomic E-state index is 11.7. The summed E-state index contributed by atoms with van der Waals surface area (Å²) in [6.07, 6.45) is 3.09. The van der Waals surface area contributed by atoms with Crippen molar-refractivity contribution in [2.45, 2.75) is 13.5 Å². The van der Waals surface area contributed by atoms with E-state index in [9.17, 15) is 9.90 Å². The molecule has 7 nitrogen and oxygen atoms in total. The minimum atomic E-state index is -0.284. The van der Waals surface area contributed by atoms with Gasteiger partial charge in [-0.2, -0.15) is 10.2 Å². The lowest BCUT2D eigenvalue weighted by molar-refractivity contribution is -0.121. The van der Waals surface area contributed by atoms with E-state index in [0.29, 0.717) is 15.8 Å². The highest BCUT2D eigenvalue weighted by molar-refractivity contribution is 9.10. The second kappa shape index (κ2) is 7.08. The topological polar surface area (TPSA) is 88.7 Å². The summed E-state index contributed by atoms with van der Waals surface area (Å²) in [5.74, 6) is 0.0417. The van der Waals surface area contributed by atoms with Crippen molar-refractivity contribution >= 4 is 28.1 Å². The zero-order chi connectivity index (χ0) is 16.1. The summed E-state index contributed by atoms with van der Waals surface area (Å²) in [6.45, 7) is 1.96. The molecule has 0 fully saturated rings. The van der Waals surface area contributed by atoms with Crippen LogP contribution in [0.3, 0.4) is 0 Å². The number of nitrogens with zero attached hydrogens (tertiary/aromatic N) is 3. The molecule has 2 aromatic rings. The molecule has 0 aliphatic heterocycles. The summed E-state index contributed by atoms with van der Waals surface area (Å²) in [4.78, 5) is 11.7. The molecule has 0 bridgehead atoms. The number of hydrogen-bond acceptors (Lipinski definition) is 5. The average molecular weight is 367 g/mol. The maximum Gasteiger partial charge on any atom is 0.261 e. The third-order valence-corrected chi connectivity index (χ3v) is 3.50. The molecule has 8 heteroatoms. The van der Waals surface area contributed by atoms with Crippen molar-refractivity contribution < 1.29 is 14.6 Å². The number of phenols is 1. The van der Waals surface area contributed by atoms with Crippen molar-refractivity contribution in [1.29, 1.82) is 0 Å². The van der Waals surface area contributed by atoms with Crippen molar-refractivity contribution in [1.82, 2.24) is 15.2 Å². The van der Waals surface area contributed by atoms with Crippen LogP contribution < -0.4 is 10.2 Å². The van der Waals surface area contributed by atoms with Gasteiger partial charge in [0, 0.05) is 11.9 Å². The number of aromatic hydroxyl groups is 1. The van der Waals surface area contributed by atoms with Gasteiger partial charge in [-0.3, -0.25) is 9.48 Å². The lowest BCUT2D eigenvalue weighted by atomic mass is 10.2. The first-order valence-corrected chi connectivity index (χ1v) is 7.17. The highest BCUT2D eigenvalue weighted by Gasteiger charge is 2.08. The predicted molar refractivity (Wildman–Crippen MR) is 85.1 cm³/mol. The van der Waals surface area contributed by atoms with E-state index in [0.717, 1.165) is 5.69 Å². The van der Waals surface area contributed by atoms with Gasteiger partial charge in [-0.1, -0.05) is 0 Å². The summed E-state index contributed by atoms with van der Waals surface area (Å²) >= 11 is 3.22. The normalized spacial score (nSPS) is 10.9. The number of rotatable bonds is 5. The Kier molecular flexibility index (Phi) is 5.16. The number of carbonyl (C=O) groups is 1. The standard InChI is InChI=1S/C14H15BrN4O3/c1-9-3-4-17-19(9)8-13(20)18-16-7-10-5-11(15)14(21)12(6-10)22-2/h3-7,21H,8H2,1-2H3,(H,18,20)/b16-7-. The van der Waals surface area contributed by atoms with Crippen LogP contribution in [0.25, 0.3) is 0 Å². The van der Waals surface area contributed by atoms with Crippen LogP contribution in [0.5, 0.6) is 11.5 Å². The first-order chi connectivity index (χ1) is 10.5. The number of halogens is 1. The van der Waals surface area contributed by atoms with Crippen LogP contribution in [0.4, 0.5) is 0 Å². The molecule has 1 aromatic carbocycles.